The molecule has 0 aromatic heterocycles. The first-order valence-electron chi connectivity index (χ1n) is 9.94. The van der Waals surface area contributed by atoms with Gasteiger partial charge in [-0.25, -0.2) is 0 Å². The molecular weight excluding hydrogens is 326 g/mol. The summed E-state index contributed by atoms with van der Waals surface area (Å²) < 4.78 is 4.84. The van der Waals surface area contributed by atoms with Gasteiger partial charge in [0.2, 0.25) is 0 Å². The number of aryl methyl sites for hydroxylation is 1. The maximum absolute atomic E-state index is 13.4. The molecule has 4 bridgehead atoms. The summed E-state index contributed by atoms with van der Waals surface area (Å²) in [7, 11) is 1.42. The number of benzene rings is 1. The van der Waals surface area contributed by atoms with Gasteiger partial charge in [-0.3, -0.25) is 9.59 Å². The minimum absolute atomic E-state index is 0.0509. The van der Waals surface area contributed by atoms with E-state index in [1.54, 1.807) is 0 Å². The zero-order valence-electron chi connectivity index (χ0n) is 15.9. The number of amides is 1. The zero-order valence-corrected chi connectivity index (χ0v) is 15.9. The molecule has 4 heteroatoms. The van der Waals surface area contributed by atoms with Crippen LogP contribution in [0.2, 0.25) is 0 Å². The fraction of sp³-hybridized carbons (Fsp3) is 0.636. The van der Waals surface area contributed by atoms with Crippen molar-refractivity contribution in [2.24, 2.45) is 17.8 Å². The SMILES string of the molecule is COC(=O)CCN(C(=O)c1ccc(C)cc1)C12CC3CC(CC(C3)C1)C2. The molecule has 26 heavy (non-hydrogen) atoms. The van der Waals surface area contributed by atoms with Crippen LogP contribution < -0.4 is 0 Å². The Morgan fingerprint density at radius 3 is 2.08 bits per heavy atom. The lowest BCUT2D eigenvalue weighted by molar-refractivity contribution is -0.141. The number of ether oxygens (including phenoxy) is 1. The molecule has 0 atom stereocenters. The third-order valence-corrected chi connectivity index (χ3v) is 6.89. The summed E-state index contributed by atoms with van der Waals surface area (Å²) in [6, 6.07) is 7.82. The molecule has 4 aliphatic rings. The van der Waals surface area contributed by atoms with Crippen molar-refractivity contribution in [3.8, 4) is 0 Å². The lowest BCUT2D eigenvalue weighted by Crippen LogP contribution is -2.61. The average Bonchev–Trinajstić information content (AvgIpc) is 2.60. The standard InChI is InChI=1S/C22H29NO3/c1-15-3-5-19(6-4-15)21(25)23(8-7-20(24)26-2)22-12-16-9-17(13-22)11-18(10-16)14-22/h3-6,16-18H,7-14H2,1-2H3. The van der Waals surface area contributed by atoms with Gasteiger partial charge in [0.05, 0.1) is 13.5 Å². The molecule has 4 nitrogen and oxygen atoms in total. The first-order chi connectivity index (χ1) is 12.5. The molecule has 0 saturated heterocycles. The van der Waals surface area contributed by atoms with E-state index in [1.807, 2.05) is 31.2 Å². The smallest absolute Gasteiger partial charge is 0.307 e. The summed E-state index contributed by atoms with van der Waals surface area (Å²) in [5, 5.41) is 0. The van der Waals surface area contributed by atoms with Gasteiger partial charge in [-0.05, 0) is 75.3 Å². The third kappa shape index (κ3) is 3.15. The molecule has 0 unspecified atom stereocenters. The van der Waals surface area contributed by atoms with Crippen molar-refractivity contribution in [2.75, 3.05) is 13.7 Å². The Bertz CT molecular complexity index is 659. The Morgan fingerprint density at radius 2 is 1.58 bits per heavy atom. The fourth-order valence-corrected chi connectivity index (χ4v) is 6.11. The van der Waals surface area contributed by atoms with Crippen molar-refractivity contribution in [3.05, 3.63) is 35.4 Å². The Kier molecular flexibility index (Phi) is 4.54. The van der Waals surface area contributed by atoms with E-state index in [2.05, 4.69) is 4.90 Å². The van der Waals surface area contributed by atoms with Crippen LogP contribution >= 0.6 is 0 Å². The summed E-state index contributed by atoms with van der Waals surface area (Å²) in [5.74, 6) is 2.11. The summed E-state index contributed by atoms with van der Waals surface area (Å²) in [4.78, 5) is 27.3. The van der Waals surface area contributed by atoms with Crippen LogP contribution in [0.15, 0.2) is 24.3 Å². The predicted molar refractivity (Wildman–Crippen MR) is 99.8 cm³/mol. The van der Waals surface area contributed by atoms with Crippen molar-refractivity contribution < 1.29 is 14.3 Å². The van der Waals surface area contributed by atoms with Crippen molar-refractivity contribution in [1.29, 1.82) is 0 Å². The maximum Gasteiger partial charge on any atom is 0.307 e. The van der Waals surface area contributed by atoms with Crippen molar-refractivity contribution in [2.45, 2.75) is 57.4 Å². The predicted octanol–water partition coefficient (Wildman–Crippen LogP) is 3.97. The molecule has 1 amide bonds. The molecule has 5 rings (SSSR count). The van der Waals surface area contributed by atoms with Crippen LogP contribution in [0.4, 0.5) is 0 Å². The van der Waals surface area contributed by atoms with Gasteiger partial charge in [0.1, 0.15) is 0 Å². The molecule has 0 radical (unpaired) electrons. The summed E-state index contributed by atoms with van der Waals surface area (Å²) >= 11 is 0. The highest BCUT2D eigenvalue weighted by molar-refractivity contribution is 5.95. The minimum atomic E-state index is -0.239. The lowest BCUT2D eigenvalue weighted by Gasteiger charge is -2.60. The van der Waals surface area contributed by atoms with Gasteiger partial charge in [0.15, 0.2) is 0 Å². The average molecular weight is 355 g/mol. The highest BCUT2D eigenvalue weighted by atomic mass is 16.5. The van der Waals surface area contributed by atoms with Gasteiger partial charge in [-0.15, -0.1) is 0 Å². The van der Waals surface area contributed by atoms with Crippen LogP contribution in [-0.2, 0) is 9.53 Å². The number of esters is 1. The molecule has 4 fully saturated rings. The number of carbonyl (C=O) groups excluding carboxylic acids is 2. The molecule has 1 aromatic carbocycles. The fourth-order valence-electron chi connectivity index (χ4n) is 6.11. The van der Waals surface area contributed by atoms with Crippen molar-refractivity contribution in [1.82, 2.24) is 4.90 Å². The number of hydrogen-bond acceptors (Lipinski definition) is 3. The lowest BCUT2D eigenvalue weighted by atomic mass is 9.52. The molecule has 0 aliphatic heterocycles. The van der Waals surface area contributed by atoms with E-state index < -0.39 is 0 Å². The molecule has 0 N–H and O–H groups in total. The van der Waals surface area contributed by atoms with E-state index in [9.17, 15) is 9.59 Å². The van der Waals surface area contributed by atoms with Crippen LogP contribution in [0, 0.1) is 24.7 Å². The monoisotopic (exact) mass is 355 g/mol. The van der Waals surface area contributed by atoms with E-state index in [4.69, 9.17) is 4.74 Å². The van der Waals surface area contributed by atoms with E-state index in [0.29, 0.717) is 6.54 Å². The molecule has 1 aromatic rings. The number of nitrogens with zero attached hydrogens (tertiary/aromatic N) is 1. The Morgan fingerprint density at radius 1 is 1.04 bits per heavy atom. The van der Waals surface area contributed by atoms with Crippen LogP contribution in [0.1, 0.15) is 60.9 Å². The van der Waals surface area contributed by atoms with Gasteiger partial charge < -0.3 is 9.64 Å². The second-order valence-electron chi connectivity index (χ2n) is 8.79. The molecular formula is C22H29NO3. The first kappa shape index (κ1) is 17.6. The second-order valence-corrected chi connectivity index (χ2v) is 8.79. The van der Waals surface area contributed by atoms with Crippen molar-refractivity contribution in [3.63, 3.8) is 0 Å². The molecule has 4 saturated carbocycles. The molecule has 140 valence electrons. The van der Waals surface area contributed by atoms with Gasteiger partial charge >= 0.3 is 5.97 Å². The Labute approximate surface area is 155 Å². The van der Waals surface area contributed by atoms with Crippen LogP contribution in [-0.4, -0.2) is 36.0 Å². The van der Waals surface area contributed by atoms with Gasteiger partial charge in [-0.2, -0.15) is 0 Å². The topological polar surface area (TPSA) is 46.6 Å². The highest BCUT2D eigenvalue weighted by Gasteiger charge is 2.54. The largest absolute Gasteiger partial charge is 0.469 e. The maximum atomic E-state index is 13.4. The molecule has 0 heterocycles. The second kappa shape index (κ2) is 6.71. The number of rotatable bonds is 5. The van der Waals surface area contributed by atoms with Gasteiger partial charge in [0.25, 0.3) is 5.91 Å². The van der Waals surface area contributed by atoms with E-state index in [-0.39, 0.29) is 23.8 Å². The number of hydrogen-bond donors (Lipinski definition) is 0. The van der Waals surface area contributed by atoms with E-state index in [1.165, 1.54) is 26.4 Å². The van der Waals surface area contributed by atoms with Crippen LogP contribution in [0.5, 0.6) is 0 Å². The Balaban J connectivity index is 1.63. The van der Waals surface area contributed by atoms with Crippen LogP contribution in [0.3, 0.4) is 0 Å². The van der Waals surface area contributed by atoms with E-state index in [0.717, 1.165) is 48.1 Å². The molecule has 0 spiro atoms. The number of carbonyl (C=O) groups is 2. The zero-order chi connectivity index (χ0) is 18.3. The molecule has 4 aliphatic carbocycles. The first-order valence-corrected chi connectivity index (χ1v) is 9.94. The Hall–Kier alpha value is -1.84. The number of methoxy groups -OCH3 is 1. The van der Waals surface area contributed by atoms with Gasteiger partial charge in [-0.1, -0.05) is 17.7 Å². The van der Waals surface area contributed by atoms with Gasteiger partial charge in [0, 0.05) is 17.6 Å². The van der Waals surface area contributed by atoms with Crippen molar-refractivity contribution >= 4 is 11.9 Å². The quantitative estimate of drug-likeness (QED) is 0.751. The van der Waals surface area contributed by atoms with Crippen LogP contribution in [0.25, 0.3) is 0 Å². The highest BCUT2D eigenvalue weighted by Crippen LogP contribution is 2.58. The third-order valence-electron chi connectivity index (χ3n) is 6.89. The summed E-state index contributed by atoms with van der Waals surface area (Å²) in [6.07, 6.45) is 7.61. The summed E-state index contributed by atoms with van der Waals surface area (Å²) in [5.41, 5.74) is 1.83. The van der Waals surface area contributed by atoms with E-state index >= 15 is 0 Å². The normalized spacial score (nSPS) is 31.7. The minimum Gasteiger partial charge on any atom is -0.469 e. The summed E-state index contributed by atoms with van der Waals surface area (Å²) in [6.45, 7) is 2.49.